The lowest BCUT2D eigenvalue weighted by Crippen LogP contribution is -2.16. The van der Waals surface area contributed by atoms with Crippen LogP contribution in [0.2, 0.25) is 0 Å². The molecule has 2 atom stereocenters. The van der Waals surface area contributed by atoms with Crippen molar-refractivity contribution in [3.05, 3.63) is 18.6 Å². The van der Waals surface area contributed by atoms with Crippen LogP contribution < -0.4 is 5.32 Å². The number of nitrogens with zero attached hydrogens (tertiary/aromatic N) is 2. The molecule has 3 nitrogen and oxygen atoms in total. The van der Waals surface area contributed by atoms with E-state index in [0.717, 1.165) is 24.2 Å². The highest BCUT2D eigenvalue weighted by Crippen LogP contribution is 2.30. The molecular weight excluding hydrogens is 174 g/mol. The Morgan fingerprint density at radius 2 is 2.36 bits per heavy atom. The molecular formula is C11H17N3. The molecule has 2 unspecified atom stereocenters. The Balaban J connectivity index is 1.82. The van der Waals surface area contributed by atoms with Crippen molar-refractivity contribution < 1.29 is 0 Å². The highest BCUT2D eigenvalue weighted by molar-refractivity contribution is 5.29. The second-order valence-corrected chi connectivity index (χ2v) is 4.14. The molecule has 0 radical (unpaired) electrons. The van der Waals surface area contributed by atoms with Gasteiger partial charge in [0.2, 0.25) is 0 Å². The summed E-state index contributed by atoms with van der Waals surface area (Å²) in [4.78, 5) is 8.22. The van der Waals surface area contributed by atoms with Crippen molar-refractivity contribution in [3.8, 4) is 0 Å². The Morgan fingerprint density at radius 3 is 3.00 bits per heavy atom. The van der Waals surface area contributed by atoms with Gasteiger partial charge in [-0.2, -0.15) is 0 Å². The molecule has 0 aromatic carbocycles. The normalized spacial score (nSPS) is 26.4. The number of anilines is 1. The van der Waals surface area contributed by atoms with E-state index in [0.29, 0.717) is 0 Å². The van der Waals surface area contributed by atoms with Crippen molar-refractivity contribution in [2.75, 3.05) is 11.9 Å². The van der Waals surface area contributed by atoms with E-state index >= 15 is 0 Å². The first-order valence-corrected chi connectivity index (χ1v) is 5.36. The van der Waals surface area contributed by atoms with Crippen molar-refractivity contribution in [1.82, 2.24) is 9.97 Å². The van der Waals surface area contributed by atoms with Gasteiger partial charge >= 0.3 is 0 Å². The van der Waals surface area contributed by atoms with Gasteiger partial charge < -0.3 is 5.32 Å². The molecule has 1 saturated carbocycles. The van der Waals surface area contributed by atoms with Crippen molar-refractivity contribution in [3.63, 3.8) is 0 Å². The van der Waals surface area contributed by atoms with Gasteiger partial charge in [0, 0.05) is 18.9 Å². The number of rotatable bonds is 3. The maximum absolute atomic E-state index is 4.19. The fraction of sp³-hybridized carbons (Fsp3) is 0.636. The van der Waals surface area contributed by atoms with E-state index in [1.807, 2.05) is 0 Å². The zero-order valence-electron chi connectivity index (χ0n) is 8.61. The average Bonchev–Trinajstić information content (AvgIpc) is 2.63. The fourth-order valence-corrected chi connectivity index (χ4v) is 2.15. The van der Waals surface area contributed by atoms with Crippen LogP contribution in [0, 0.1) is 11.8 Å². The summed E-state index contributed by atoms with van der Waals surface area (Å²) in [6, 6.07) is 0. The summed E-state index contributed by atoms with van der Waals surface area (Å²) in [5.74, 6) is 2.57. The van der Waals surface area contributed by atoms with Gasteiger partial charge in [0.25, 0.3) is 0 Å². The molecule has 0 spiro atoms. The van der Waals surface area contributed by atoms with E-state index in [9.17, 15) is 0 Å². The lowest BCUT2D eigenvalue weighted by Gasteiger charge is -2.15. The minimum atomic E-state index is 0.817. The fourth-order valence-electron chi connectivity index (χ4n) is 2.15. The molecule has 0 aliphatic heterocycles. The molecule has 14 heavy (non-hydrogen) atoms. The summed E-state index contributed by atoms with van der Waals surface area (Å²) in [7, 11) is 0. The average molecular weight is 191 g/mol. The molecule has 0 amide bonds. The van der Waals surface area contributed by atoms with Crippen LogP contribution in [0.15, 0.2) is 18.6 Å². The van der Waals surface area contributed by atoms with Gasteiger partial charge in [-0.25, -0.2) is 4.98 Å². The molecule has 3 heteroatoms. The Morgan fingerprint density at radius 1 is 1.43 bits per heavy atom. The SMILES string of the molecule is CC1CCCC1CNc1cnccn1. The summed E-state index contributed by atoms with van der Waals surface area (Å²) in [5, 5.41) is 3.34. The maximum Gasteiger partial charge on any atom is 0.144 e. The zero-order valence-corrected chi connectivity index (χ0v) is 8.61. The molecule has 0 saturated heterocycles. The van der Waals surface area contributed by atoms with Gasteiger partial charge in [-0.05, 0) is 18.3 Å². The monoisotopic (exact) mass is 191 g/mol. The summed E-state index contributed by atoms with van der Waals surface area (Å²) < 4.78 is 0. The highest BCUT2D eigenvalue weighted by Gasteiger charge is 2.22. The van der Waals surface area contributed by atoms with Crippen LogP contribution in [0.3, 0.4) is 0 Å². The Kier molecular flexibility index (Phi) is 2.96. The number of aromatic nitrogens is 2. The van der Waals surface area contributed by atoms with Crippen LogP contribution in [-0.4, -0.2) is 16.5 Å². The van der Waals surface area contributed by atoms with Gasteiger partial charge in [0.05, 0.1) is 6.20 Å². The van der Waals surface area contributed by atoms with E-state index < -0.39 is 0 Å². The topological polar surface area (TPSA) is 37.8 Å². The lowest BCUT2D eigenvalue weighted by molar-refractivity contribution is 0.439. The summed E-state index contributed by atoms with van der Waals surface area (Å²) in [6.45, 7) is 3.38. The van der Waals surface area contributed by atoms with Gasteiger partial charge in [-0.1, -0.05) is 19.8 Å². The summed E-state index contributed by atoms with van der Waals surface area (Å²) in [6.07, 6.45) is 9.32. The van der Waals surface area contributed by atoms with E-state index in [1.54, 1.807) is 18.6 Å². The lowest BCUT2D eigenvalue weighted by atomic mass is 9.98. The van der Waals surface area contributed by atoms with Crippen molar-refractivity contribution in [2.24, 2.45) is 11.8 Å². The predicted molar refractivity (Wildman–Crippen MR) is 57.0 cm³/mol. The molecule has 1 aromatic rings. The molecule has 1 aliphatic carbocycles. The summed E-state index contributed by atoms with van der Waals surface area (Å²) >= 11 is 0. The standard InChI is InChI=1S/C11H17N3/c1-9-3-2-4-10(9)7-14-11-8-12-5-6-13-11/h5-6,8-10H,2-4,7H2,1H3,(H,13,14). The molecule has 1 aliphatic rings. The second-order valence-electron chi connectivity index (χ2n) is 4.14. The molecule has 2 rings (SSSR count). The quantitative estimate of drug-likeness (QED) is 0.796. The largest absolute Gasteiger partial charge is 0.369 e. The van der Waals surface area contributed by atoms with Gasteiger partial charge in [-0.15, -0.1) is 0 Å². The van der Waals surface area contributed by atoms with E-state index in [1.165, 1.54) is 19.3 Å². The number of hydrogen-bond acceptors (Lipinski definition) is 3. The Labute approximate surface area is 85.0 Å². The summed E-state index contributed by atoms with van der Waals surface area (Å²) in [5.41, 5.74) is 0. The van der Waals surface area contributed by atoms with Gasteiger partial charge in [0.1, 0.15) is 5.82 Å². The van der Waals surface area contributed by atoms with Crippen LogP contribution in [0.5, 0.6) is 0 Å². The van der Waals surface area contributed by atoms with Gasteiger partial charge in [0.15, 0.2) is 0 Å². The Bertz CT molecular complexity index is 273. The van der Waals surface area contributed by atoms with Crippen LogP contribution >= 0.6 is 0 Å². The second kappa shape index (κ2) is 4.40. The number of hydrogen-bond donors (Lipinski definition) is 1. The minimum Gasteiger partial charge on any atom is -0.369 e. The van der Waals surface area contributed by atoms with Crippen molar-refractivity contribution in [1.29, 1.82) is 0 Å². The molecule has 1 aromatic heterocycles. The molecule has 0 bridgehead atoms. The first kappa shape index (κ1) is 9.44. The smallest absolute Gasteiger partial charge is 0.144 e. The minimum absolute atomic E-state index is 0.817. The third-order valence-electron chi connectivity index (χ3n) is 3.15. The molecule has 1 N–H and O–H groups in total. The Hall–Kier alpha value is -1.12. The van der Waals surface area contributed by atoms with Crippen LogP contribution in [-0.2, 0) is 0 Å². The first-order chi connectivity index (χ1) is 6.86. The first-order valence-electron chi connectivity index (χ1n) is 5.36. The van der Waals surface area contributed by atoms with Crippen LogP contribution in [0.4, 0.5) is 5.82 Å². The third-order valence-corrected chi connectivity index (χ3v) is 3.15. The zero-order chi connectivity index (χ0) is 9.80. The maximum atomic E-state index is 4.19. The van der Waals surface area contributed by atoms with E-state index in [4.69, 9.17) is 0 Å². The van der Waals surface area contributed by atoms with Crippen LogP contribution in [0.25, 0.3) is 0 Å². The molecule has 1 fully saturated rings. The third kappa shape index (κ3) is 2.22. The van der Waals surface area contributed by atoms with Gasteiger partial charge in [-0.3, -0.25) is 4.98 Å². The van der Waals surface area contributed by atoms with Crippen molar-refractivity contribution in [2.45, 2.75) is 26.2 Å². The molecule has 76 valence electrons. The predicted octanol–water partition coefficient (Wildman–Crippen LogP) is 2.32. The van der Waals surface area contributed by atoms with E-state index in [-0.39, 0.29) is 0 Å². The van der Waals surface area contributed by atoms with Crippen LogP contribution in [0.1, 0.15) is 26.2 Å². The highest BCUT2D eigenvalue weighted by atomic mass is 15.0. The van der Waals surface area contributed by atoms with Crippen molar-refractivity contribution >= 4 is 5.82 Å². The number of nitrogens with one attached hydrogen (secondary N) is 1. The molecule has 1 heterocycles. The van der Waals surface area contributed by atoms with E-state index in [2.05, 4.69) is 22.2 Å².